The monoisotopic (exact) mass is 299 g/mol. The van der Waals surface area contributed by atoms with Gasteiger partial charge in [-0.15, -0.1) is 0 Å². The topological polar surface area (TPSA) is 131 Å². The van der Waals surface area contributed by atoms with Crippen molar-refractivity contribution in [1.29, 1.82) is 0 Å². The van der Waals surface area contributed by atoms with Crippen molar-refractivity contribution in [1.82, 2.24) is 4.90 Å². The second kappa shape index (κ2) is 7.10. The van der Waals surface area contributed by atoms with Gasteiger partial charge in [0.05, 0.1) is 18.8 Å². The number of nitrogens with zero attached hydrogens (tertiary/aromatic N) is 1. The van der Waals surface area contributed by atoms with Gasteiger partial charge in [-0.1, -0.05) is 13.3 Å². The minimum Gasteiger partial charge on any atom is -0.389 e. The maximum absolute atomic E-state index is 10.7. The molecule has 0 saturated carbocycles. The van der Waals surface area contributed by atoms with E-state index in [4.69, 9.17) is 9.79 Å². The van der Waals surface area contributed by atoms with Crippen molar-refractivity contribution in [2.24, 2.45) is 0 Å². The van der Waals surface area contributed by atoms with Gasteiger partial charge < -0.3 is 25.1 Å². The molecule has 0 spiro atoms. The zero-order valence-electron chi connectivity index (χ0n) is 10.8. The fourth-order valence-electron chi connectivity index (χ4n) is 2.15. The molecule has 1 aliphatic heterocycles. The van der Waals surface area contributed by atoms with Gasteiger partial charge >= 0.3 is 7.82 Å². The van der Waals surface area contributed by atoms with Crippen molar-refractivity contribution < 1.29 is 34.2 Å². The molecular formula is C10H22NO7P. The second-order valence-electron chi connectivity index (χ2n) is 4.75. The maximum Gasteiger partial charge on any atom is 0.469 e. The first-order chi connectivity index (χ1) is 8.76. The van der Waals surface area contributed by atoms with Crippen LogP contribution >= 0.6 is 7.82 Å². The number of piperidine rings is 1. The summed E-state index contributed by atoms with van der Waals surface area (Å²) in [6, 6.07) is -0.752. The molecule has 4 atom stereocenters. The normalized spacial score (nSPS) is 33.6. The molecule has 114 valence electrons. The lowest BCUT2D eigenvalue weighted by molar-refractivity contribution is -0.144. The minimum absolute atomic E-state index is 0.132. The van der Waals surface area contributed by atoms with Crippen molar-refractivity contribution >= 4 is 7.82 Å². The van der Waals surface area contributed by atoms with Crippen LogP contribution in [-0.4, -0.2) is 74.1 Å². The van der Waals surface area contributed by atoms with Gasteiger partial charge in [-0.2, -0.15) is 0 Å². The number of phosphoric acid groups is 1. The number of phosphoric ester groups is 1. The highest BCUT2D eigenvalue weighted by Gasteiger charge is 2.41. The summed E-state index contributed by atoms with van der Waals surface area (Å²) in [6.45, 7) is 2.26. The average molecular weight is 299 g/mol. The van der Waals surface area contributed by atoms with E-state index in [-0.39, 0.29) is 6.54 Å². The van der Waals surface area contributed by atoms with E-state index in [0.29, 0.717) is 6.54 Å². The number of likely N-dealkylation sites (tertiary alicyclic amines) is 1. The van der Waals surface area contributed by atoms with Crippen LogP contribution in [0.5, 0.6) is 0 Å². The zero-order chi connectivity index (χ0) is 14.6. The van der Waals surface area contributed by atoms with E-state index in [1.54, 1.807) is 4.90 Å². The smallest absolute Gasteiger partial charge is 0.389 e. The largest absolute Gasteiger partial charge is 0.469 e. The summed E-state index contributed by atoms with van der Waals surface area (Å²) in [5.41, 5.74) is 0. The number of rotatable bonds is 6. The van der Waals surface area contributed by atoms with Crippen molar-refractivity contribution in [2.75, 3.05) is 19.7 Å². The fraction of sp³-hybridized carbons (Fsp3) is 1.00. The van der Waals surface area contributed by atoms with Gasteiger partial charge in [0.2, 0.25) is 0 Å². The molecule has 1 saturated heterocycles. The molecule has 0 aromatic rings. The maximum atomic E-state index is 10.7. The molecule has 0 aliphatic carbocycles. The molecule has 0 amide bonds. The van der Waals surface area contributed by atoms with Crippen LogP contribution in [0.25, 0.3) is 0 Å². The van der Waals surface area contributed by atoms with Crippen molar-refractivity contribution in [3.63, 3.8) is 0 Å². The summed E-state index contributed by atoms with van der Waals surface area (Å²) >= 11 is 0. The average Bonchev–Trinajstić information content (AvgIpc) is 2.31. The first-order valence-electron chi connectivity index (χ1n) is 6.24. The Bertz CT molecular complexity index is 323. The Kier molecular flexibility index (Phi) is 6.35. The van der Waals surface area contributed by atoms with Crippen LogP contribution in [0.1, 0.15) is 19.8 Å². The SMILES string of the molecule is CCCCN1C[C@H](O)[C@@H](O)[C@H](O)[C@H]1COP(=O)(O)O. The zero-order valence-corrected chi connectivity index (χ0v) is 11.7. The fourth-order valence-corrected chi connectivity index (χ4v) is 2.50. The van der Waals surface area contributed by atoms with Gasteiger partial charge in [0.15, 0.2) is 0 Å². The van der Waals surface area contributed by atoms with Crippen molar-refractivity contribution in [3.8, 4) is 0 Å². The lowest BCUT2D eigenvalue weighted by Gasteiger charge is -2.43. The standard InChI is InChI=1S/C10H22NO7P/c1-2-3-4-11-5-8(12)10(14)9(13)7(11)6-18-19(15,16)17/h7-10,12-14H,2-6H2,1H3,(H2,15,16,17)/t7-,8+,9-,10-/m1/s1. The Balaban J connectivity index is 2.70. The second-order valence-corrected chi connectivity index (χ2v) is 5.99. The van der Waals surface area contributed by atoms with E-state index >= 15 is 0 Å². The predicted molar refractivity (Wildman–Crippen MR) is 66.3 cm³/mol. The van der Waals surface area contributed by atoms with Gasteiger partial charge in [0.25, 0.3) is 0 Å². The first kappa shape index (κ1) is 17.0. The molecule has 0 aromatic heterocycles. The van der Waals surface area contributed by atoms with Gasteiger partial charge in [-0.3, -0.25) is 9.42 Å². The minimum atomic E-state index is -4.63. The first-order valence-corrected chi connectivity index (χ1v) is 7.77. The summed E-state index contributed by atoms with van der Waals surface area (Å²) in [4.78, 5) is 19.1. The summed E-state index contributed by atoms with van der Waals surface area (Å²) < 4.78 is 15.1. The number of aliphatic hydroxyl groups is 3. The number of hydrogen-bond donors (Lipinski definition) is 5. The van der Waals surface area contributed by atoms with Crippen molar-refractivity contribution in [3.05, 3.63) is 0 Å². The van der Waals surface area contributed by atoms with Crippen LogP contribution in [-0.2, 0) is 9.09 Å². The molecule has 9 heteroatoms. The van der Waals surface area contributed by atoms with E-state index in [1.807, 2.05) is 6.92 Å². The van der Waals surface area contributed by atoms with Gasteiger partial charge in [0, 0.05) is 6.54 Å². The molecule has 8 nitrogen and oxygen atoms in total. The molecule has 0 aromatic carbocycles. The number of β-amino-alcohol motifs (C(OH)–C–C–N with tert-alkyl or cyclic N) is 1. The predicted octanol–water partition coefficient (Wildman–Crippen LogP) is -1.34. The summed E-state index contributed by atoms with van der Waals surface area (Å²) in [5.74, 6) is 0. The number of hydrogen-bond acceptors (Lipinski definition) is 6. The van der Waals surface area contributed by atoms with Crippen LogP contribution in [0.2, 0.25) is 0 Å². The molecule has 0 radical (unpaired) electrons. The van der Waals surface area contributed by atoms with E-state index in [9.17, 15) is 19.9 Å². The van der Waals surface area contributed by atoms with Crippen molar-refractivity contribution in [2.45, 2.75) is 44.1 Å². The van der Waals surface area contributed by atoms with E-state index in [0.717, 1.165) is 12.8 Å². The number of unbranched alkanes of at least 4 members (excludes halogenated alkanes) is 1. The van der Waals surface area contributed by atoms with Crippen LogP contribution in [0.3, 0.4) is 0 Å². The molecule has 1 rings (SSSR count). The van der Waals surface area contributed by atoms with E-state index < -0.39 is 38.8 Å². The number of aliphatic hydroxyl groups excluding tert-OH is 3. The molecule has 19 heavy (non-hydrogen) atoms. The molecule has 1 aliphatic rings. The highest BCUT2D eigenvalue weighted by atomic mass is 31.2. The Morgan fingerprint density at radius 2 is 1.89 bits per heavy atom. The summed E-state index contributed by atoms with van der Waals surface area (Å²) in [7, 11) is -4.63. The lowest BCUT2D eigenvalue weighted by Crippen LogP contribution is -2.62. The Morgan fingerprint density at radius 3 is 2.42 bits per heavy atom. The quantitative estimate of drug-likeness (QED) is 0.381. The van der Waals surface area contributed by atoms with E-state index in [2.05, 4.69) is 4.52 Å². The highest BCUT2D eigenvalue weighted by Crippen LogP contribution is 2.36. The Hall–Kier alpha value is -0.0500. The molecular weight excluding hydrogens is 277 g/mol. The molecule has 1 fully saturated rings. The summed E-state index contributed by atoms with van der Waals surface area (Å²) in [6.07, 6.45) is -2.03. The Morgan fingerprint density at radius 1 is 1.26 bits per heavy atom. The van der Waals surface area contributed by atoms with Gasteiger partial charge in [-0.25, -0.2) is 4.57 Å². The third kappa shape index (κ3) is 5.09. The van der Waals surface area contributed by atoms with Gasteiger partial charge in [0.1, 0.15) is 12.2 Å². The molecule has 0 bridgehead atoms. The third-order valence-corrected chi connectivity index (χ3v) is 3.73. The van der Waals surface area contributed by atoms with Crippen LogP contribution in [0, 0.1) is 0 Å². The molecule has 1 heterocycles. The van der Waals surface area contributed by atoms with Gasteiger partial charge in [-0.05, 0) is 13.0 Å². The highest BCUT2D eigenvalue weighted by molar-refractivity contribution is 7.46. The lowest BCUT2D eigenvalue weighted by atomic mass is 9.94. The van der Waals surface area contributed by atoms with Crippen LogP contribution in [0.4, 0.5) is 0 Å². The van der Waals surface area contributed by atoms with Crippen LogP contribution < -0.4 is 0 Å². The van der Waals surface area contributed by atoms with E-state index in [1.165, 1.54) is 0 Å². The Labute approximate surface area is 111 Å². The third-order valence-electron chi connectivity index (χ3n) is 3.24. The summed E-state index contributed by atoms with van der Waals surface area (Å²) in [5, 5.41) is 29.1. The van der Waals surface area contributed by atoms with Crippen LogP contribution in [0.15, 0.2) is 0 Å². The molecule has 5 N–H and O–H groups in total. The molecule has 0 unspecified atom stereocenters.